The monoisotopic (exact) mass is 413 g/mol. The van der Waals surface area contributed by atoms with Gasteiger partial charge in [0.05, 0.1) is 17.3 Å². The van der Waals surface area contributed by atoms with Crippen LogP contribution in [0.2, 0.25) is 5.02 Å². The van der Waals surface area contributed by atoms with Crippen LogP contribution < -0.4 is 15.5 Å². The van der Waals surface area contributed by atoms with Crippen LogP contribution in [0.3, 0.4) is 0 Å². The average molecular weight is 414 g/mol. The number of ketones is 1. The molecule has 2 aromatic rings. The van der Waals surface area contributed by atoms with Gasteiger partial charge < -0.3 is 15.5 Å². The van der Waals surface area contributed by atoms with E-state index in [1.807, 2.05) is 36.9 Å². The largest absolute Gasteiger partial charge is 0.359 e. The van der Waals surface area contributed by atoms with E-state index in [1.54, 1.807) is 18.2 Å². The lowest BCUT2D eigenvalue weighted by atomic mass is 9.99. The molecule has 3 rings (SSSR count). The first-order valence-corrected chi connectivity index (χ1v) is 9.93. The fraction of sp³-hybridized carbons (Fsp3) is 0.318. The second kappa shape index (κ2) is 9.09. The number of benzene rings is 2. The molecule has 1 fully saturated rings. The van der Waals surface area contributed by atoms with Gasteiger partial charge in [-0.05, 0) is 43.7 Å². The van der Waals surface area contributed by atoms with Gasteiger partial charge in [0, 0.05) is 37.2 Å². The molecule has 152 valence electrons. The molecular formula is C22H24ClN3O3. The molecule has 1 aliphatic heterocycles. The minimum absolute atomic E-state index is 0.0433. The van der Waals surface area contributed by atoms with E-state index in [0.717, 1.165) is 16.8 Å². The fourth-order valence-corrected chi connectivity index (χ4v) is 3.61. The van der Waals surface area contributed by atoms with Crippen molar-refractivity contribution in [3.63, 3.8) is 0 Å². The van der Waals surface area contributed by atoms with E-state index in [4.69, 9.17) is 11.6 Å². The van der Waals surface area contributed by atoms with Gasteiger partial charge in [-0.15, -0.1) is 0 Å². The third kappa shape index (κ3) is 5.35. The van der Waals surface area contributed by atoms with Crippen LogP contribution in [0, 0.1) is 13.8 Å². The SMILES string of the molecule is Cc1ccc(C)c(C(=O)CCC(=O)Nc2ccc(N3CCNC(=O)C3)c(Cl)c2)c1. The average Bonchev–Trinajstić information content (AvgIpc) is 2.68. The van der Waals surface area contributed by atoms with E-state index in [-0.39, 0.29) is 37.0 Å². The van der Waals surface area contributed by atoms with E-state index in [0.29, 0.717) is 29.4 Å². The van der Waals surface area contributed by atoms with Gasteiger partial charge in [-0.2, -0.15) is 0 Å². The van der Waals surface area contributed by atoms with Crippen molar-refractivity contribution in [3.05, 3.63) is 58.1 Å². The number of carbonyl (C=O) groups is 3. The van der Waals surface area contributed by atoms with E-state index < -0.39 is 0 Å². The molecule has 0 aromatic heterocycles. The lowest BCUT2D eigenvalue weighted by molar-refractivity contribution is -0.120. The number of hydrogen-bond acceptors (Lipinski definition) is 4. The maximum atomic E-state index is 12.4. The van der Waals surface area contributed by atoms with Gasteiger partial charge in [-0.1, -0.05) is 29.3 Å². The summed E-state index contributed by atoms with van der Waals surface area (Å²) in [6.07, 6.45) is 0.239. The number of piperazine rings is 1. The topological polar surface area (TPSA) is 78.5 Å². The minimum Gasteiger partial charge on any atom is -0.359 e. The fourth-order valence-electron chi connectivity index (χ4n) is 3.31. The molecule has 0 atom stereocenters. The predicted molar refractivity (Wildman–Crippen MR) is 115 cm³/mol. The maximum Gasteiger partial charge on any atom is 0.239 e. The lowest BCUT2D eigenvalue weighted by Crippen LogP contribution is -2.47. The smallest absolute Gasteiger partial charge is 0.239 e. The molecule has 0 spiro atoms. The quantitative estimate of drug-likeness (QED) is 0.710. The number of halogens is 1. The summed E-state index contributed by atoms with van der Waals surface area (Å²) in [6.45, 7) is 5.33. The van der Waals surface area contributed by atoms with Crippen molar-refractivity contribution >= 4 is 40.6 Å². The first-order valence-electron chi connectivity index (χ1n) is 9.55. The number of rotatable bonds is 6. The highest BCUT2D eigenvalue weighted by Gasteiger charge is 2.19. The Balaban J connectivity index is 1.58. The Morgan fingerprint density at radius 2 is 1.93 bits per heavy atom. The van der Waals surface area contributed by atoms with Gasteiger partial charge >= 0.3 is 0 Å². The van der Waals surface area contributed by atoms with Crippen LogP contribution in [0.25, 0.3) is 0 Å². The summed E-state index contributed by atoms with van der Waals surface area (Å²) in [5.74, 6) is -0.332. The molecule has 0 radical (unpaired) electrons. The van der Waals surface area contributed by atoms with Gasteiger partial charge in [0.2, 0.25) is 11.8 Å². The molecule has 0 saturated carbocycles. The maximum absolute atomic E-state index is 12.4. The Morgan fingerprint density at radius 3 is 2.66 bits per heavy atom. The first kappa shape index (κ1) is 20.9. The number of carbonyl (C=O) groups excluding carboxylic acids is 3. The molecule has 2 amide bonds. The van der Waals surface area contributed by atoms with Crippen molar-refractivity contribution in [2.24, 2.45) is 0 Å². The van der Waals surface area contributed by atoms with Crippen LogP contribution in [0.1, 0.15) is 34.3 Å². The zero-order chi connectivity index (χ0) is 21.0. The molecule has 1 heterocycles. The Labute approximate surface area is 175 Å². The van der Waals surface area contributed by atoms with Gasteiger partial charge in [0.15, 0.2) is 5.78 Å². The molecule has 6 nitrogen and oxygen atoms in total. The summed E-state index contributed by atoms with van der Waals surface area (Å²) < 4.78 is 0. The van der Waals surface area contributed by atoms with Crippen molar-refractivity contribution in [3.8, 4) is 0 Å². The van der Waals surface area contributed by atoms with Crippen LogP contribution in [-0.4, -0.2) is 37.2 Å². The number of anilines is 2. The number of nitrogens with zero attached hydrogens (tertiary/aromatic N) is 1. The zero-order valence-corrected chi connectivity index (χ0v) is 17.3. The highest BCUT2D eigenvalue weighted by atomic mass is 35.5. The van der Waals surface area contributed by atoms with Crippen molar-refractivity contribution in [2.75, 3.05) is 29.9 Å². The predicted octanol–water partition coefficient (Wildman–Crippen LogP) is 3.49. The molecule has 2 aromatic carbocycles. The van der Waals surface area contributed by atoms with Crippen LogP contribution in [0.4, 0.5) is 11.4 Å². The molecule has 29 heavy (non-hydrogen) atoms. The van der Waals surface area contributed by atoms with E-state index in [1.165, 1.54) is 0 Å². The van der Waals surface area contributed by atoms with Gasteiger partial charge in [0.1, 0.15) is 0 Å². The third-order valence-corrected chi connectivity index (χ3v) is 5.19. The standard InChI is InChI=1S/C22H24ClN3O3/c1-14-3-4-15(2)17(11-14)20(27)7-8-21(28)25-16-5-6-19(18(23)12-16)26-10-9-24-22(29)13-26/h3-6,11-12H,7-10,13H2,1-2H3,(H,24,29)(H,25,28). The molecule has 0 aliphatic carbocycles. The molecule has 0 bridgehead atoms. The van der Waals surface area contributed by atoms with Crippen LogP contribution in [0.5, 0.6) is 0 Å². The van der Waals surface area contributed by atoms with Gasteiger partial charge in [-0.3, -0.25) is 14.4 Å². The van der Waals surface area contributed by atoms with Gasteiger partial charge in [0.25, 0.3) is 0 Å². The highest BCUT2D eigenvalue weighted by Crippen LogP contribution is 2.29. The van der Waals surface area contributed by atoms with Crippen molar-refractivity contribution in [2.45, 2.75) is 26.7 Å². The second-order valence-corrected chi connectivity index (χ2v) is 7.63. The summed E-state index contributed by atoms with van der Waals surface area (Å²) in [4.78, 5) is 38.2. The highest BCUT2D eigenvalue weighted by molar-refractivity contribution is 6.33. The Kier molecular flexibility index (Phi) is 6.54. The van der Waals surface area contributed by atoms with E-state index in [9.17, 15) is 14.4 Å². The summed E-state index contributed by atoms with van der Waals surface area (Å²) in [7, 11) is 0. The third-order valence-electron chi connectivity index (χ3n) is 4.88. The second-order valence-electron chi connectivity index (χ2n) is 7.23. The number of nitrogens with one attached hydrogen (secondary N) is 2. The van der Waals surface area contributed by atoms with Crippen LogP contribution in [-0.2, 0) is 9.59 Å². The molecule has 1 saturated heterocycles. The Morgan fingerprint density at radius 1 is 1.14 bits per heavy atom. The normalized spacial score (nSPS) is 13.8. The van der Waals surface area contributed by atoms with Gasteiger partial charge in [-0.25, -0.2) is 0 Å². The number of amides is 2. The summed E-state index contributed by atoms with van der Waals surface area (Å²) in [5, 5.41) is 6.01. The van der Waals surface area contributed by atoms with Crippen molar-refractivity contribution in [1.82, 2.24) is 5.32 Å². The van der Waals surface area contributed by atoms with Crippen molar-refractivity contribution < 1.29 is 14.4 Å². The van der Waals surface area contributed by atoms with Crippen LogP contribution >= 0.6 is 11.6 Å². The first-order chi connectivity index (χ1) is 13.8. The lowest BCUT2D eigenvalue weighted by Gasteiger charge is -2.29. The molecule has 7 heteroatoms. The minimum atomic E-state index is -0.246. The zero-order valence-electron chi connectivity index (χ0n) is 16.5. The summed E-state index contributed by atoms with van der Waals surface area (Å²) >= 11 is 6.35. The summed E-state index contributed by atoms with van der Waals surface area (Å²) in [6, 6.07) is 10.9. The summed E-state index contributed by atoms with van der Waals surface area (Å²) in [5.41, 5.74) is 3.91. The van der Waals surface area contributed by atoms with Crippen molar-refractivity contribution in [1.29, 1.82) is 0 Å². The molecule has 2 N–H and O–H groups in total. The molecular weight excluding hydrogens is 390 g/mol. The van der Waals surface area contributed by atoms with E-state index in [2.05, 4.69) is 10.6 Å². The van der Waals surface area contributed by atoms with E-state index >= 15 is 0 Å². The number of aryl methyl sites for hydroxylation is 2. The van der Waals surface area contributed by atoms with Crippen LogP contribution in [0.15, 0.2) is 36.4 Å². The molecule has 1 aliphatic rings. The number of hydrogen-bond donors (Lipinski definition) is 2. The number of Topliss-reactive ketones (excluding diaryl/α,β-unsaturated/α-hetero) is 1. The Hall–Kier alpha value is -2.86. The Bertz CT molecular complexity index is 958. The molecule has 0 unspecified atom stereocenters.